The second kappa shape index (κ2) is 4.35. The van der Waals surface area contributed by atoms with E-state index in [4.69, 9.17) is 5.73 Å². The SMILES string of the molecule is NC(=O)n1c2c(c3cccc(F)c31)C[C](CO)CC2. The third-order valence-electron chi connectivity index (χ3n) is 3.74. The van der Waals surface area contributed by atoms with Gasteiger partial charge in [-0.25, -0.2) is 9.18 Å². The molecule has 0 atom stereocenters. The molecule has 19 heavy (non-hydrogen) atoms. The number of nitrogens with two attached hydrogens (primary N) is 1. The highest BCUT2D eigenvalue weighted by molar-refractivity contribution is 5.95. The van der Waals surface area contributed by atoms with Gasteiger partial charge >= 0.3 is 6.03 Å². The maximum absolute atomic E-state index is 14.0. The van der Waals surface area contributed by atoms with Crippen molar-refractivity contribution in [2.75, 3.05) is 6.61 Å². The molecule has 0 aliphatic heterocycles. The Morgan fingerprint density at radius 2 is 2.21 bits per heavy atom. The van der Waals surface area contributed by atoms with Crippen molar-refractivity contribution in [1.29, 1.82) is 0 Å². The lowest BCUT2D eigenvalue weighted by Gasteiger charge is -2.20. The molecule has 1 amide bonds. The fourth-order valence-corrected chi connectivity index (χ4v) is 2.88. The summed E-state index contributed by atoms with van der Waals surface area (Å²) in [6.45, 7) is 0.0258. The summed E-state index contributed by atoms with van der Waals surface area (Å²) in [5.74, 6) is 0.552. The lowest BCUT2D eigenvalue weighted by molar-refractivity contribution is 0.250. The third-order valence-corrected chi connectivity index (χ3v) is 3.74. The molecule has 1 aromatic heterocycles. The summed E-state index contributed by atoms with van der Waals surface area (Å²) in [5.41, 5.74) is 7.31. The van der Waals surface area contributed by atoms with Gasteiger partial charge in [0.15, 0.2) is 0 Å². The first-order chi connectivity index (χ1) is 9.13. The third kappa shape index (κ3) is 1.73. The number of amides is 1. The van der Waals surface area contributed by atoms with Crippen molar-refractivity contribution in [3.05, 3.63) is 41.2 Å². The molecule has 0 bridgehead atoms. The summed E-state index contributed by atoms with van der Waals surface area (Å²) in [6, 6.07) is 4.07. The predicted molar refractivity (Wildman–Crippen MR) is 69.2 cm³/mol. The Hall–Kier alpha value is -1.88. The molecule has 0 fully saturated rings. The molecule has 3 N–H and O–H groups in total. The van der Waals surface area contributed by atoms with Crippen LogP contribution in [0.3, 0.4) is 0 Å². The number of para-hydroxylation sites is 1. The predicted octanol–water partition coefficient (Wildman–Crippen LogP) is 1.76. The minimum absolute atomic E-state index is 0.0258. The number of primary amides is 1. The number of fused-ring (bicyclic) bond motifs is 3. The zero-order chi connectivity index (χ0) is 13.6. The van der Waals surface area contributed by atoms with E-state index in [2.05, 4.69) is 0 Å². The van der Waals surface area contributed by atoms with Gasteiger partial charge in [0.25, 0.3) is 0 Å². The molecule has 1 aliphatic carbocycles. The number of carbonyl (C=O) groups is 1. The van der Waals surface area contributed by atoms with Crippen molar-refractivity contribution in [3.8, 4) is 0 Å². The second-order valence-electron chi connectivity index (χ2n) is 4.82. The first kappa shape index (κ1) is 12.2. The van der Waals surface area contributed by atoms with Crippen LogP contribution in [0.1, 0.15) is 17.7 Å². The van der Waals surface area contributed by atoms with Gasteiger partial charge in [0.1, 0.15) is 5.82 Å². The molecule has 99 valence electrons. The minimum Gasteiger partial charge on any atom is -0.396 e. The van der Waals surface area contributed by atoms with Crippen molar-refractivity contribution < 1.29 is 14.3 Å². The fraction of sp³-hybridized carbons (Fsp3) is 0.286. The van der Waals surface area contributed by atoms with Gasteiger partial charge in [0, 0.05) is 23.6 Å². The number of benzene rings is 1. The lowest BCUT2D eigenvalue weighted by atomic mass is 9.87. The smallest absolute Gasteiger partial charge is 0.323 e. The van der Waals surface area contributed by atoms with Crippen LogP contribution in [-0.4, -0.2) is 22.3 Å². The molecule has 2 aromatic rings. The molecule has 0 saturated heterocycles. The molecule has 0 saturated carbocycles. The van der Waals surface area contributed by atoms with Gasteiger partial charge in [-0.1, -0.05) is 12.1 Å². The normalized spacial score (nSPS) is 15.7. The maximum Gasteiger partial charge on any atom is 0.323 e. The zero-order valence-corrected chi connectivity index (χ0v) is 10.3. The monoisotopic (exact) mass is 261 g/mol. The Morgan fingerprint density at radius 1 is 1.42 bits per heavy atom. The highest BCUT2D eigenvalue weighted by Crippen LogP contribution is 2.35. The molecule has 5 heteroatoms. The highest BCUT2D eigenvalue weighted by Gasteiger charge is 2.28. The Morgan fingerprint density at radius 3 is 2.89 bits per heavy atom. The van der Waals surface area contributed by atoms with E-state index in [-0.39, 0.29) is 12.1 Å². The van der Waals surface area contributed by atoms with Crippen molar-refractivity contribution >= 4 is 16.9 Å². The van der Waals surface area contributed by atoms with Crippen LogP contribution in [-0.2, 0) is 12.8 Å². The van der Waals surface area contributed by atoms with Crippen molar-refractivity contribution in [3.63, 3.8) is 0 Å². The van der Waals surface area contributed by atoms with E-state index in [1.807, 2.05) is 0 Å². The van der Waals surface area contributed by atoms with Crippen molar-refractivity contribution in [1.82, 2.24) is 4.57 Å². The standard InChI is InChI=1S/C14H14FN2O2/c15-11-3-1-2-9-10-6-8(7-18)4-5-12(10)17(13(9)11)14(16)19/h1-3,18H,4-7H2,(H2,16,19). The van der Waals surface area contributed by atoms with E-state index >= 15 is 0 Å². The van der Waals surface area contributed by atoms with Gasteiger partial charge in [0.2, 0.25) is 0 Å². The molecule has 4 nitrogen and oxygen atoms in total. The fourth-order valence-electron chi connectivity index (χ4n) is 2.88. The van der Waals surface area contributed by atoms with E-state index in [1.165, 1.54) is 10.6 Å². The summed E-state index contributed by atoms with van der Waals surface area (Å²) in [7, 11) is 0. The van der Waals surface area contributed by atoms with Crippen LogP contribution in [0.2, 0.25) is 0 Å². The molecule has 1 aromatic carbocycles. The minimum atomic E-state index is -0.663. The number of halogens is 1. The molecule has 0 unspecified atom stereocenters. The van der Waals surface area contributed by atoms with Crippen LogP contribution in [0.4, 0.5) is 9.18 Å². The quantitative estimate of drug-likeness (QED) is 0.821. The van der Waals surface area contributed by atoms with E-state index in [0.29, 0.717) is 24.6 Å². The highest BCUT2D eigenvalue weighted by atomic mass is 19.1. The number of rotatable bonds is 1. The van der Waals surface area contributed by atoms with Crippen LogP contribution in [0.5, 0.6) is 0 Å². The van der Waals surface area contributed by atoms with Gasteiger partial charge in [-0.15, -0.1) is 0 Å². The van der Waals surface area contributed by atoms with Crippen molar-refractivity contribution in [2.45, 2.75) is 19.3 Å². The van der Waals surface area contributed by atoms with Crippen LogP contribution in [0, 0.1) is 11.7 Å². The number of aromatic nitrogens is 1. The Kier molecular flexibility index (Phi) is 2.78. The molecule has 0 spiro atoms. The average molecular weight is 261 g/mol. The number of aliphatic hydroxyl groups excluding tert-OH is 1. The first-order valence-corrected chi connectivity index (χ1v) is 6.18. The number of nitrogens with zero attached hydrogens (tertiary/aromatic N) is 1. The summed E-state index contributed by atoms with van der Waals surface area (Å²) in [5, 5.41) is 9.96. The number of hydrogen-bond donors (Lipinski definition) is 2. The second-order valence-corrected chi connectivity index (χ2v) is 4.82. The number of hydrogen-bond acceptors (Lipinski definition) is 2. The van der Waals surface area contributed by atoms with Crippen LogP contribution in [0.25, 0.3) is 10.9 Å². The van der Waals surface area contributed by atoms with Gasteiger partial charge in [-0.05, 0) is 30.9 Å². The molecular weight excluding hydrogens is 247 g/mol. The molecule has 1 radical (unpaired) electrons. The van der Waals surface area contributed by atoms with Gasteiger partial charge in [-0.3, -0.25) is 4.57 Å². The largest absolute Gasteiger partial charge is 0.396 e. The van der Waals surface area contributed by atoms with Gasteiger partial charge in [-0.2, -0.15) is 0 Å². The summed E-state index contributed by atoms with van der Waals surface area (Å²) in [6.07, 6.45) is 1.88. The summed E-state index contributed by atoms with van der Waals surface area (Å²) in [4.78, 5) is 11.6. The number of carbonyl (C=O) groups excluding carboxylic acids is 1. The van der Waals surface area contributed by atoms with Gasteiger partial charge < -0.3 is 10.8 Å². The molecular formula is C14H14FN2O2. The Labute approximate surface area is 109 Å². The van der Waals surface area contributed by atoms with E-state index < -0.39 is 11.8 Å². The Balaban J connectivity index is 2.32. The summed E-state index contributed by atoms with van der Waals surface area (Å²) >= 11 is 0. The van der Waals surface area contributed by atoms with E-state index in [9.17, 15) is 14.3 Å². The summed E-state index contributed by atoms with van der Waals surface area (Å²) < 4.78 is 15.3. The maximum atomic E-state index is 14.0. The van der Waals surface area contributed by atoms with E-state index in [1.54, 1.807) is 12.1 Å². The van der Waals surface area contributed by atoms with Gasteiger partial charge in [0.05, 0.1) is 5.52 Å². The molecule has 3 rings (SSSR count). The lowest BCUT2D eigenvalue weighted by Crippen LogP contribution is -2.24. The topological polar surface area (TPSA) is 68.2 Å². The van der Waals surface area contributed by atoms with Crippen LogP contribution < -0.4 is 5.73 Å². The van der Waals surface area contributed by atoms with Crippen LogP contribution in [0.15, 0.2) is 18.2 Å². The Bertz CT molecular complexity index is 663. The first-order valence-electron chi connectivity index (χ1n) is 6.18. The van der Waals surface area contributed by atoms with Crippen LogP contribution >= 0.6 is 0 Å². The average Bonchev–Trinajstić information content (AvgIpc) is 2.74. The molecule has 1 heterocycles. The molecule has 1 aliphatic rings. The van der Waals surface area contributed by atoms with E-state index in [0.717, 1.165) is 17.2 Å². The number of aliphatic hydroxyl groups is 1. The van der Waals surface area contributed by atoms with Crippen molar-refractivity contribution in [2.24, 2.45) is 5.73 Å². The zero-order valence-electron chi connectivity index (χ0n) is 10.3.